The molecular weight excluding hydrogens is 388 g/mol. The van der Waals surface area contributed by atoms with Gasteiger partial charge in [-0.1, -0.05) is 30.3 Å². The van der Waals surface area contributed by atoms with Crippen molar-refractivity contribution in [2.75, 3.05) is 58.5 Å². The molecule has 8 nitrogen and oxygen atoms in total. The van der Waals surface area contributed by atoms with E-state index in [2.05, 4.69) is 5.32 Å². The first-order valence-corrected chi connectivity index (χ1v) is 9.90. The maximum absolute atomic E-state index is 11.6. The van der Waals surface area contributed by atoms with E-state index < -0.39 is 6.09 Å². The summed E-state index contributed by atoms with van der Waals surface area (Å²) >= 11 is 0. The van der Waals surface area contributed by atoms with Crippen LogP contribution in [0.15, 0.2) is 54.6 Å². The lowest BCUT2D eigenvalue weighted by Gasteiger charge is -2.09. The lowest BCUT2D eigenvalue weighted by Crippen LogP contribution is -2.28. The standard InChI is InChI=1S/C22H30N2O6/c23-20-6-8-21(9-7-20)29-17-16-28-15-14-27-13-12-26-11-10-24-22(25)30-18-19-4-2-1-3-5-19/h1-9H,10-18,23H2,(H,24,25). The number of ether oxygens (including phenoxy) is 5. The van der Waals surface area contributed by atoms with E-state index in [1.165, 1.54) is 0 Å². The summed E-state index contributed by atoms with van der Waals surface area (Å²) in [5.74, 6) is 0.764. The van der Waals surface area contributed by atoms with Crippen molar-refractivity contribution in [3.8, 4) is 5.75 Å². The molecule has 0 fully saturated rings. The topological polar surface area (TPSA) is 101 Å². The summed E-state index contributed by atoms with van der Waals surface area (Å²) in [4.78, 5) is 11.6. The molecule has 0 aromatic heterocycles. The van der Waals surface area contributed by atoms with Crippen LogP contribution in [0.4, 0.5) is 10.5 Å². The summed E-state index contributed by atoms with van der Waals surface area (Å²) in [5.41, 5.74) is 7.26. The van der Waals surface area contributed by atoms with Gasteiger partial charge in [0.05, 0.1) is 39.6 Å². The van der Waals surface area contributed by atoms with Gasteiger partial charge in [-0.15, -0.1) is 0 Å². The number of amides is 1. The Morgan fingerprint density at radius 3 is 2.03 bits per heavy atom. The fourth-order valence-corrected chi connectivity index (χ4v) is 2.32. The Labute approximate surface area is 177 Å². The van der Waals surface area contributed by atoms with Gasteiger partial charge in [0, 0.05) is 12.2 Å². The Bertz CT molecular complexity index is 697. The molecule has 0 aliphatic carbocycles. The first kappa shape index (κ1) is 23.5. The molecule has 1 amide bonds. The number of nitrogen functional groups attached to an aromatic ring is 1. The van der Waals surface area contributed by atoms with Crippen molar-refractivity contribution in [3.63, 3.8) is 0 Å². The van der Waals surface area contributed by atoms with Crippen molar-refractivity contribution in [1.29, 1.82) is 0 Å². The van der Waals surface area contributed by atoms with Crippen molar-refractivity contribution >= 4 is 11.8 Å². The molecule has 164 valence electrons. The summed E-state index contributed by atoms with van der Waals surface area (Å²) in [6, 6.07) is 16.7. The molecule has 0 spiro atoms. The highest BCUT2D eigenvalue weighted by molar-refractivity contribution is 5.67. The van der Waals surface area contributed by atoms with Gasteiger partial charge >= 0.3 is 6.09 Å². The van der Waals surface area contributed by atoms with Crippen molar-refractivity contribution in [3.05, 3.63) is 60.2 Å². The predicted octanol–water partition coefficient (Wildman–Crippen LogP) is 2.62. The minimum atomic E-state index is -0.462. The van der Waals surface area contributed by atoms with E-state index in [0.717, 1.165) is 11.3 Å². The van der Waals surface area contributed by atoms with Crippen molar-refractivity contribution in [2.45, 2.75) is 6.61 Å². The normalized spacial score (nSPS) is 10.5. The second kappa shape index (κ2) is 15.1. The quantitative estimate of drug-likeness (QED) is 0.339. The van der Waals surface area contributed by atoms with E-state index in [-0.39, 0.29) is 6.61 Å². The van der Waals surface area contributed by atoms with E-state index in [4.69, 9.17) is 29.4 Å². The number of benzene rings is 2. The molecule has 3 N–H and O–H groups in total. The van der Waals surface area contributed by atoms with Crippen molar-refractivity contribution < 1.29 is 28.5 Å². The zero-order valence-corrected chi connectivity index (χ0v) is 17.1. The third-order valence-electron chi connectivity index (χ3n) is 3.85. The highest BCUT2D eigenvalue weighted by Gasteiger charge is 2.01. The number of alkyl carbamates (subject to hydrolysis) is 1. The van der Waals surface area contributed by atoms with Crippen LogP contribution in [0.2, 0.25) is 0 Å². The summed E-state index contributed by atoms with van der Waals surface area (Å²) in [5, 5.41) is 2.63. The van der Waals surface area contributed by atoms with Gasteiger partial charge in [-0.25, -0.2) is 4.79 Å². The van der Waals surface area contributed by atoms with Crippen molar-refractivity contribution in [2.24, 2.45) is 0 Å². The monoisotopic (exact) mass is 418 g/mol. The molecule has 30 heavy (non-hydrogen) atoms. The van der Waals surface area contributed by atoms with Gasteiger partial charge in [0.15, 0.2) is 0 Å². The van der Waals surface area contributed by atoms with E-state index in [0.29, 0.717) is 58.5 Å². The van der Waals surface area contributed by atoms with Crippen LogP contribution in [0.3, 0.4) is 0 Å². The SMILES string of the molecule is Nc1ccc(OCCOCCOCCOCCNC(=O)OCc2ccccc2)cc1. The average Bonchev–Trinajstić information content (AvgIpc) is 2.77. The van der Waals surface area contributed by atoms with Crippen LogP contribution < -0.4 is 15.8 Å². The van der Waals surface area contributed by atoms with E-state index >= 15 is 0 Å². The Balaban J connectivity index is 1.31. The largest absolute Gasteiger partial charge is 0.491 e. The highest BCUT2D eigenvalue weighted by Crippen LogP contribution is 2.12. The van der Waals surface area contributed by atoms with Gasteiger partial charge in [0.1, 0.15) is 19.0 Å². The molecule has 0 saturated heterocycles. The molecule has 2 aromatic rings. The Hall–Kier alpha value is -2.81. The molecule has 2 rings (SSSR count). The zero-order chi connectivity index (χ0) is 21.3. The van der Waals surface area contributed by atoms with Gasteiger partial charge in [-0.05, 0) is 29.8 Å². The smallest absolute Gasteiger partial charge is 0.407 e. The minimum absolute atomic E-state index is 0.247. The number of carbonyl (C=O) groups excluding carboxylic acids is 1. The van der Waals surface area contributed by atoms with Gasteiger partial charge in [-0.2, -0.15) is 0 Å². The summed E-state index contributed by atoms with van der Waals surface area (Å²) < 4.78 is 26.8. The first-order chi connectivity index (χ1) is 14.7. The Morgan fingerprint density at radius 1 is 0.767 bits per heavy atom. The number of anilines is 1. The molecule has 0 heterocycles. The third-order valence-corrected chi connectivity index (χ3v) is 3.85. The fraction of sp³-hybridized carbons (Fsp3) is 0.409. The van der Waals surface area contributed by atoms with E-state index in [1.807, 2.05) is 42.5 Å². The van der Waals surface area contributed by atoms with Crippen LogP contribution in [0.25, 0.3) is 0 Å². The molecule has 0 saturated carbocycles. The van der Waals surface area contributed by atoms with Gasteiger partial charge in [0.25, 0.3) is 0 Å². The lowest BCUT2D eigenvalue weighted by molar-refractivity contribution is 0.00977. The first-order valence-electron chi connectivity index (χ1n) is 9.90. The molecular formula is C22H30N2O6. The fourth-order valence-electron chi connectivity index (χ4n) is 2.32. The Kier molecular flexibility index (Phi) is 11.8. The number of carbonyl (C=O) groups is 1. The Morgan fingerprint density at radius 2 is 1.37 bits per heavy atom. The minimum Gasteiger partial charge on any atom is -0.491 e. The van der Waals surface area contributed by atoms with E-state index in [9.17, 15) is 4.79 Å². The molecule has 0 aliphatic heterocycles. The second-order valence-electron chi connectivity index (χ2n) is 6.24. The number of hydrogen-bond acceptors (Lipinski definition) is 7. The molecule has 0 aliphatic rings. The predicted molar refractivity (Wildman–Crippen MR) is 113 cm³/mol. The molecule has 0 radical (unpaired) electrons. The third kappa shape index (κ3) is 11.3. The molecule has 0 unspecified atom stereocenters. The van der Waals surface area contributed by atoms with Crippen LogP contribution >= 0.6 is 0 Å². The molecule has 0 bridgehead atoms. The van der Waals surface area contributed by atoms with Crippen LogP contribution in [-0.4, -0.2) is 58.9 Å². The number of nitrogens with two attached hydrogens (primary N) is 1. The highest BCUT2D eigenvalue weighted by atomic mass is 16.6. The van der Waals surface area contributed by atoms with Gasteiger partial charge < -0.3 is 34.7 Å². The summed E-state index contributed by atoms with van der Waals surface area (Å²) in [6.45, 7) is 3.84. The van der Waals surface area contributed by atoms with Crippen molar-refractivity contribution in [1.82, 2.24) is 5.32 Å². The van der Waals surface area contributed by atoms with Crippen LogP contribution in [0.1, 0.15) is 5.56 Å². The van der Waals surface area contributed by atoms with Crippen LogP contribution in [-0.2, 0) is 25.6 Å². The maximum atomic E-state index is 11.6. The average molecular weight is 418 g/mol. The van der Waals surface area contributed by atoms with Crippen LogP contribution in [0, 0.1) is 0 Å². The molecule has 2 aromatic carbocycles. The van der Waals surface area contributed by atoms with Crippen LogP contribution in [0.5, 0.6) is 5.75 Å². The molecule has 8 heteroatoms. The maximum Gasteiger partial charge on any atom is 0.407 e. The number of rotatable bonds is 15. The van der Waals surface area contributed by atoms with E-state index in [1.54, 1.807) is 12.1 Å². The zero-order valence-electron chi connectivity index (χ0n) is 17.1. The lowest BCUT2D eigenvalue weighted by atomic mass is 10.2. The number of nitrogens with one attached hydrogen (secondary N) is 1. The summed E-state index contributed by atoms with van der Waals surface area (Å²) in [6.07, 6.45) is -0.462. The van der Waals surface area contributed by atoms with Gasteiger partial charge in [0.2, 0.25) is 0 Å². The summed E-state index contributed by atoms with van der Waals surface area (Å²) in [7, 11) is 0. The molecule has 0 atom stereocenters. The second-order valence-corrected chi connectivity index (χ2v) is 6.24. The van der Waals surface area contributed by atoms with Gasteiger partial charge in [-0.3, -0.25) is 0 Å². The number of hydrogen-bond donors (Lipinski definition) is 2.